The number of amides is 1. The standard InChI is InChI=1S/C15H14Cl2N2O4/c1-7-5-19(6-11(23-7)15(21)22)14(20)13-12(17)9-4-8(16)2-3-10(9)18-13/h2-4,7,11,18H,5-6H2,1H3,(H,21,22)/t7-,11?/m1/s1. The van der Waals surface area contributed by atoms with Gasteiger partial charge in [0.1, 0.15) is 5.69 Å². The van der Waals surface area contributed by atoms with Gasteiger partial charge in [0, 0.05) is 22.5 Å². The third kappa shape index (κ3) is 3.02. The quantitative estimate of drug-likeness (QED) is 0.866. The zero-order valence-corrected chi connectivity index (χ0v) is 13.7. The van der Waals surface area contributed by atoms with Crippen LogP contribution in [0.1, 0.15) is 17.4 Å². The molecule has 1 amide bonds. The molecule has 1 aromatic carbocycles. The van der Waals surface area contributed by atoms with Gasteiger partial charge in [0.2, 0.25) is 0 Å². The van der Waals surface area contributed by atoms with Gasteiger partial charge >= 0.3 is 5.97 Å². The van der Waals surface area contributed by atoms with Crippen molar-refractivity contribution in [1.82, 2.24) is 9.88 Å². The fraction of sp³-hybridized carbons (Fsp3) is 0.333. The lowest BCUT2D eigenvalue weighted by atomic mass is 10.2. The van der Waals surface area contributed by atoms with Crippen LogP contribution in [0.3, 0.4) is 0 Å². The summed E-state index contributed by atoms with van der Waals surface area (Å²) in [5.74, 6) is -1.45. The highest BCUT2D eigenvalue weighted by Gasteiger charge is 2.34. The normalized spacial score (nSPS) is 21.6. The van der Waals surface area contributed by atoms with Gasteiger partial charge in [0.05, 0.1) is 17.7 Å². The number of carbonyl (C=O) groups excluding carboxylic acids is 1. The van der Waals surface area contributed by atoms with Crippen molar-refractivity contribution >= 4 is 46.0 Å². The average Bonchev–Trinajstić information content (AvgIpc) is 2.82. The van der Waals surface area contributed by atoms with Crippen LogP contribution >= 0.6 is 23.2 Å². The fourth-order valence-corrected chi connectivity index (χ4v) is 3.15. The maximum Gasteiger partial charge on any atom is 0.334 e. The first kappa shape index (κ1) is 16.1. The SMILES string of the molecule is C[C@@H]1CN(C(=O)c2[nH]c3ccc(Cl)cc3c2Cl)CC(C(=O)O)O1. The average molecular weight is 357 g/mol. The molecule has 2 N–H and O–H groups in total. The van der Waals surface area contributed by atoms with Gasteiger partial charge in [-0.15, -0.1) is 0 Å². The highest BCUT2D eigenvalue weighted by atomic mass is 35.5. The van der Waals surface area contributed by atoms with E-state index < -0.39 is 12.1 Å². The monoisotopic (exact) mass is 356 g/mol. The number of fused-ring (bicyclic) bond motifs is 1. The Morgan fingerprint density at radius 2 is 2.09 bits per heavy atom. The van der Waals surface area contributed by atoms with Gasteiger partial charge in [-0.05, 0) is 25.1 Å². The van der Waals surface area contributed by atoms with E-state index in [1.807, 2.05) is 0 Å². The zero-order valence-electron chi connectivity index (χ0n) is 12.2. The molecule has 1 unspecified atom stereocenters. The molecular formula is C15H14Cl2N2O4. The van der Waals surface area contributed by atoms with Gasteiger partial charge in [-0.25, -0.2) is 4.79 Å². The van der Waals surface area contributed by atoms with Crippen LogP contribution in [0.5, 0.6) is 0 Å². The summed E-state index contributed by atoms with van der Waals surface area (Å²) in [6.45, 7) is 2.00. The number of H-pyrrole nitrogens is 1. The number of hydrogen-bond acceptors (Lipinski definition) is 3. The summed E-state index contributed by atoms with van der Waals surface area (Å²) >= 11 is 12.2. The molecule has 0 bridgehead atoms. The van der Waals surface area contributed by atoms with Gasteiger partial charge in [-0.1, -0.05) is 23.2 Å². The molecule has 122 valence electrons. The van der Waals surface area contributed by atoms with Crippen LogP contribution in [0.2, 0.25) is 10.0 Å². The molecule has 2 heterocycles. The number of morpholine rings is 1. The van der Waals surface area contributed by atoms with Crippen LogP contribution in [0.4, 0.5) is 0 Å². The predicted molar refractivity (Wildman–Crippen MR) is 86.2 cm³/mol. The van der Waals surface area contributed by atoms with E-state index in [0.717, 1.165) is 0 Å². The number of carbonyl (C=O) groups is 2. The Labute approximate surface area is 141 Å². The molecule has 0 saturated carbocycles. The molecule has 6 nitrogen and oxygen atoms in total. The van der Waals surface area contributed by atoms with E-state index in [9.17, 15) is 9.59 Å². The minimum Gasteiger partial charge on any atom is -0.479 e. The molecule has 23 heavy (non-hydrogen) atoms. The van der Waals surface area contributed by atoms with E-state index in [-0.39, 0.29) is 29.3 Å². The van der Waals surface area contributed by atoms with E-state index in [1.165, 1.54) is 4.90 Å². The topological polar surface area (TPSA) is 82.6 Å². The number of halogens is 2. The summed E-state index contributed by atoms with van der Waals surface area (Å²) in [6.07, 6.45) is -1.41. The summed E-state index contributed by atoms with van der Waals surface area (Å²) < 4.78 is 5.31. The maximum atomic E-state index is 12.7. The maximum absolute atomic E-state index is 12.7. The van der Waals surface area contributed by atoms with E-state index in [2.05, 4.69) is 4.98 Å². The van der Waals surface area contributed by atoms with Gasteiger partial charge in [-0.2, -0.15) is 0 Å². The molecule has 0 spiro atoms. The van der Waals surface area contributed by atoms with Gasteiger partial charge in [0.15, 0.2) is 6.10 Å². The second kappa shape index (κ2) is 6.03. The number of ether oxygens (including phenoxy) is 1. The molecule has 0 radical (unpaired) electrons. The number of aromatic nitrogens is 1. The van der Waals surface area contributed by atoms with E-state index in [1.54, 1.807) is 25.1 Å². The lowest BCUT2D eigenvalue weighted by Crippen LogP contribution is -2.51. The summed E-state index contributed by atoms with van der Waals surface area (Å²) in [5.41, 5.74) is 0.918. The number of aliphatic carboxylic acids is 1. The second-order valence-electron chi connectivity index (χ2n) is 5.49. The Morgan fingerprint density at radius 3 is 2.78 bits per heavy atom. The summed E-state index contributed by atoms with van der Waals surface area (Å²) in [5, 5.41) is 10.6. The predicted octanol–water partition coefficient (Wildman–Crippen LogP) is 2.79. The Morgan fingerprint density at radius 1 is 1.35 bits per heavy atom. The highest BCUT2D eigenvalue weighted by Crippen LogP contribution is 2.31. The number of carboxylic acid groups (broad SMARTS) is 1. The van der Waals surface area contributed by atoms with Crippen LogP contribution in [0.25, 0.3) is 10.9 Å². The number of carboxylic acids is 1. The Bertz CT molecular complexity index is 789. The highest BCUT2D eigenvalue weighted by molar-refractivity contribution is 6.39. The van der Waals surface area contributed by atoms with Gasteiger partial charge < -0.3 is 19.7 Å². The first-order valence-corrected chi connectivity index (χ1v) is 7.76. The Balaban J connectivity index is 1.93. The minimum absolute atomic E-state index is 0.0229. The van der Waals surface area contributed by atoms with Crippen molar-refractivity contribution < 1.29 is 19.4 Å². The van der Waals surface area contributed by atoms with Crippen molar-refractivity contribution in [3.63, 3.8) is 0 Å². The number of benzene rings is 1. The number of nitrogens with zero attached hydrogens (tertiary/aromatic N) is 1. The number of nitrogens with one attached hydrogen (secondary N) is 1. The van der Waals surface area contributed by atoms with Crippen molar-refractivity contribution in [2.75, 3.05) is 13.1 Å². The molecule has 1 saturated heterocycles. The van der Waals surface area contributed by atoms with Crippen molar-refractivity contribution in [3.05, 3.63) is 33.9 Å². The smallest absolute Gasteiger partial charge is 0.334 e. The minimum atomic E-state index is -1.09. The van der Waals surface area contributed by atoms with Crippen molar-refractivity contribution in [3.8, 4) is 0 Å². The molecular weight excluding hydrogens is 343 g/mol. The second-order valence-corrected chi connectivity index (χ2v) is 6.30. The summed E-state index contributed by atoms with van der Waals surface area (Å²) in [7, 11) is 0. The van der Waals surface area contributed by atoms with Crippen LogP contribution in [0, 0.1) is 0 Å². The lowest BCUT2D eigenvalue weighted by Gasteiger charge is -2.34. The first-order valence-electron chi connectivity index (χ1n) is 7.01. The molecule has 1 aliphatic rings. The Hall–Kier alpha value is -1.76. The van der Waals surface area contributed by atoms with Gasteiger partial charge in [-0.3, -0.25) is 4.79 Å². The molecule has 1 aromatic heterocycles. The van der Waals surface area contributed by atoms with Crippen LogP contribution in [0.15, 0.2) is 18.2 Å². The van der Waals surface area contributed by atoms with Crippen molar-refractivity contribution in [1.29, 1.82) is 0 Å². The summed E-state index contributed by atoms with van der Waals surface area (Å²) in [4.78, 5) is 28.3. The first-order chi connectivity index (χ1) is 10.9. The molecule has 0 aliphatic carbocycles. The van der Waals surface area contributed by atoms with Crippen LogP contribution in [-0.4, -0.2) is 52.2 Å². The summed E-state index contributed by atoms with van der Waals surface area (Å²) in [6, 6.07) is 5.11. The fourth-order valence-electron chi connectivity index (χ4n) is 2.69. The number of hydrogen-bond donors (Lipinski definition) is 2. The molecule has 1 fully saturated rings. The number of aromatic amines is 1. The van der Waals surface area contributed by atoms with E-state index in [0.29, 0.717) is 22.5 Å². The third-order valence-electron chi connectivity index (χ3n) is 3.73. The molecule has 8 heteroatoms. The number of rotatable bonds is 2. The van der Waals surface area contributed by atoms with Crippen LogP contribution < -0.4 is 0 Å². The van der Waals surface area contributed by atoms with E-state index >= 15 is 0 Å². The largest absolute Gasteiger partial charge is 0.479 e. The van der Waals surface area contributed by atoms with Crippen molar-refractivity contribution in [2.45, 2.75) is 19.1 Å². The van der Waals surface area contributed by atoms with Crippen LogP contribution in [-0.2, 0) is 9.53 Å². The van der Waals surface area contributed by atoms with E-state index in [4.69, 9.17) is 33.0 Å². The Kier molecular flexibility index (Phi) is 4.23. The molecule has 2 aromatic rings. The zero-order chi connectivity index (χ0) is 16.7. The molecule has 2 atom stereocenters. The van der Waals surface area contributed by atoms with Crippen molar-refractivity contribution in [2.24, 2.45) is 0 Å². The van der Waals surface area contributed by atoms with Gasteiger partial charge in [0.25, 0.3) is 5.91 Å². The molecule has 1 aliphatic heterocycles. The lowest BCUT2D eigenvalue weighted by molar-refractivity contribution is -0.160. The molecule has 3 rings (SSSR count). The third-order valence-corrected chi connectivity index (χ3v) is 4.36.